The van der Waals surface area contributed by atoms with Gasteiger partial charge >= 0.3 is 5.97 Å². The number of carbonyl (C=O) groups is 1. The van der Waals surface area contributed by atoms with Crippen LogP contribution in [0.4, 0.5) is 0 Å². The van der Waals surface area contributed by atoms with Gasteiger partial charge < -0.3 is 16.3 Å². The Hall–Kier alpha value is -2.34. The molecular formula is C14H17N3O3. The number of aromatic nitrogens is 1. The summed E-state index contributed by atoms with van der Waals surface area (Å²) in [5.41, 5.74) is 9.24. The summed E-state index contributed by atoms with van der Waals surface area (Å²) < 4.78 is 1.53. The van der Waals surface area contributed by atoms with Crippen molar-refractivity contribution in [2.75, 3.05) is 19.0 Å². The molecule has 0 aliphatic heterocycles. The van der Waals surface area contributed by atoms with E-state index < -0.39 is 11.4 Å². The molecular weight excluding hydrogens is 258 g/mol. The number of aromatic carboxylic acids is 1. The van der Waals surface area contributed by atoms with Crippen molar-refractivity contribution in [3.05, 3.63) is 45.7 Å². The second-order valence-corrected chi connectivity index (χ2v) is 4.51. The highest BCUT2D eigenvalue weighted by molar-refractivity contribution is 5.92. The number of carboxylic acids is 1. The van der Waals surface area contributed by atoms with Crippen molar-refractivity contribution in [1.82, 2.24) is 4.68 Å². The number of rotatable bonds is 5. The lowest BCUT2D eigenvalue weighted by Crippen LogP contribution is -2.22. The summed E-state index contributed by atoms with van der Waals surface area (Å²) in [4.78, 5) is 23.4. The number of nitrogens with one attached hydrogen (secondary N) is 1. The first-order valence-electron chi connectivity index (χ1n) is 6.38. The lowest BCUT2D eigenvalue weighted by molar-refractivity contribution is 0.0695. The maximum absolute atomic E-state index is 12.2. The molecule has 20 heavy (non-hydrogen) atoms. The predicted octanol–water partition coefficient (Wildman–Crippen LogP) is 0.764. The van der Waals surface area contributed by atoms with Crippen LogP contribution in [0, 0.1) is 0 Å². The van der Waals surface area contributed by atoms with E-state index in [9.17, 15) is 9.59 Å². The van der Waals surface area contributed by atoms with Gasteiger partial charge in [-0.05, 0) is 37.1 Å². The van der Waals surface area contributed by atoms with Crippen LogP contribution in [0.15, 0.2) is 29.2 Å². The number of pyridine rings is 1. The fraction of sp³-hybridized carbons (Fsp3) is 0.286. The third kappa shape index (κ3) is 2.50. The lowest BCUT2D eigenvalue weighted by atomic mass is 10.0. The highest BCUT2D eigenvalue weighted by Crippen LogP contribution is 2.14. The zero-order valence-corrected chi connectivity index (χ0v) is 11.2. The van der Waals surface area contributed by atoms with Gasteiger partial charge in [0.15, 0.2) is 0 Å². The van der Waals surface area contributed by atoms with Gasteiger partial charge in [-0.2, -0.15) is 0 Å². The van der Waals surface area contributed by atoms with Gasteiger partial charge in [-0.15, -0.1) is 0 Å². The summed E-state index contributed by atoms with van der Waals surface area (Å²) in [5.74, 6) is -1.23. The van der Waals surface area contributed by atoms with Gasteiger partial charge in [0.25, 0.3) is 0 Å². The summed E-state index contributed by atoms with van der Waals surface area (Å²) >= 11 is 0. The van der Waals surface area contributed by atoms with Gasteiger partial charge in [0.1, 0.15) is 5.56 Å². The predicted molar refractivity (Wildman–Crippen MR) is 77.8 cm³/mol. The SMILES string of the molecule is CNn1cc(C(=O)O)c(=O)c2cc(CCCN)ccc21. The number of nitrogens with two attached hydrogens (primary N) is 1. The van der Waals surface area contributed by atoms with Crippen LogP contribution < -0.4 is 16.6 Å². The Morgan fingerprint density at radius 2 is 2.20 bits per heavy atom. The van der Waals surface area contributed by atoms with Crippen LogP contribution in [0.1, 0.15) is 22.3 Å². The van der Waals surface area contributed by atoms with E-state index >= 15 is 0 Å². The molecule has 0 atom stereocenters. The first kappa shape index (κ1) is 14.1. The number of hydrogen-bond acceptors (Lipinski definition) is 4. The molecule has 0 saturated carbocycles. The smallest absolute Gasteiger partial charge is 0.341 e. The third-order valence-electron chi connectivity index (χ3n) is 3.21. The number of fused-ring (bicyclic) bond motifs is 1. The van der Waals surface area contributed by atoms with Crippen LogP contribution in [0.2, 0.25) is 0 Å². The molecule has 0 aliphatic rings. The van der Waals surface area contributed by atoms with Crippen molar-refractivity contribution in [2.45, 2.75) is 12.8 Å². The van der Waals surface area contributed by atoms with Crippen LogP contribution in [-0.4, -0.2) is 29.3 Å². The van der Waals surface area contributed by atoms with E-state index in [1.807, 2.05) is 12.1 Å². The molecule has 2 aromatic rings. The summed E-state index contributed by atoms with van der Waals surface area (Å²) in [6, 6.07) is 5.48. The summed E-state index contributed by atoms with van der Waals surface area (Å²) in [6.07, 6.45) is 2.89. The first-order chi connectivity index (χ1) is 9.58. The monoisotopic (exact) mass is 275 g/mol. The maximum atomic E-state index is 12.2. The fourth-order valence-electron chi connectivity index (χ4n) is 2.18. The third-order valence-corrected chi connectivity index (χ3v) is 3.21. The topological polar surface area (TPSA) is 97.4 Å². The molecule has 0 fully saturated rings. The van der Waals surface area contributed by atoms with E-state index in [0.717, 1.165) is 18.4 Å². The van der Waals surface area contributed by atoms with Crippen molar-refractivity contribution < 1.29 is 9.90 Å². The number of aryl methyl sites for hydroxylation is 1. The maximum Gasteiger partial charge on any atom is 0.341 e. The molecule has 106 valence electrons. The van der Waals surface area contributed by atoms with E-state index in [-0.39, 0.29) is 5.56 Å². The molecule has 4 N–H and O–H groups in total. The molecule has 0 amide bonds. The molecule has 0 saturated heterocycles. The van der Waals surface area contributed by atoms with Crippen LogP contribution in [-0.2, 0) is 6.42 Å². The number of carboxylic acid groups (broad SMARTS) is 1. The number of hydrogen-bond donors (Lipinski definition) is 3. The second-order valence-electron chi connectivity index (χ2n) is 4.51. The highest BCUT2D eigenvalue weighted by atomic mass is 16.4. The van der Waals surface area contributed by atoms with Crippen LogP contribution in [0.25, 0.3) is 10.9 Å². The zero-order valence-electron chi connectivity index (χ0n) is 11.2. The Morgan fingerprint density at radius 3 is 2.80 bits per heavy atom. The molecule has 1 aromatic heterocycles. The molecule has 6 nitrogen and oxygen atoms in total. The van der Waals surface area contributed by atoms with Gasteiger partial charge in [-0.1, -0.05) is 6.07 Å². The molecule has 6 heteroatoms. The minimum atomic E-state index is -1.23. The number of benzene rings is 1. The van der Waals surface area contributed by atoms with Gasteiger partial charge in [0.2, 0.25) is 5.43 Å². The average molecular weight is 275 g/mol. The summed E-state index contributed by atoms with van der Waals surface area (Å²) in [6.45, 7) is 0.577. The highest BCUT2D eigenvalue weighted by Gasteiger charge is 2.14. The standard InChI is InChI=1S/C14H17N3O3/c1-16-17-8-11(14(19)20)13(18)10-7-9(3-2-6-15)4-5-12(10)17/h4-5,7-8,16H,2-3,6,15H2,1H3,(H,19,20). The molecule has 0 aliphatic carbocycles. The van der Waals surface area contributed by atoms with Crippen molar-refractivity contribution in [3.63, 3.8) is 0 Å². The minimum absolute atomic E-state index is 0.247. The molecule has 0 bridgehead atoms. The van der Waals surface area contributed by atoms with Crippen LogP contribution >= 0.6 is 0 Å². The molecule has 0 spiro atoms. The number of nitrogens with zero attached hydrogens (tertiary/aromatic N) is 1. The van der Waals surface area contributed by atoms with Crippen molar-refractivity contribution in [2.24, 2.45) is 5.73 Å². The van der Waals surface area contributed by atoms with Gasteiger partial charge in [-0.25, -0.2) is 4.79 Å². The van der Waals surface area contributed by atoms with Crippen molar-refractivity contribution in [3.8, 4) is 0 Å². The lowest BCUT2D eigenvalue weighted by Gasteiger charge is -2.12. The Labute approximate surface area is 115 Å². The molecule has 0 radical (unpaired) electrons. The quantitative estimate of drug-likeness (QED) is 0.748. The summed E-state index contributed by atoms with van der Waals surface area (Å²) in [5, 5.41) is 9.50. The Morgan fingerprint density at radius 1 is 1.45 bits per heavy atom. The largest absolute Gasteiger partial charge is 0.477 e. The van der Waals surface area contributed by atoms with Gasteiger partial charge in [0, 0.05) is 18.6 Å². The second kappa shape index (κ2) is 5.75. The Balaban J connectivity index is 2.68. The Kier molecular flexibility index (Phi) is 4.05. The van der Waals surface area contributed by atoms with E-state index in [1.54, 1.807) is 13.1 Å². The van der Waals surface area contributed by atoms with E-state index in [4.69, 9.17) is 10.8 Å². The van der Waals surface area contributed by atoms with E-state index in [2.05, 4.69) is 5.43 Å². The molecule has 1 aromatic carbocycles. The average Bonchev–Trinajstić information content (AvgIpc) is 2.45. The minimum Gasteiger partial charge on any atom is -0.477 e. The van der Waals surface area contributed by atoms with E-state index in [0.29, 0.717) is 17.4 Å². The summed E-state index contributed by atoms with van der Waals surface area (Å²) in [7, 11) is 1.66. The molecule has 1 heterocycles. The van der Waals surface area contributed by atoms with Gasteiger partial charge in [0.05, 0.1) is 5.52 Å². The van der Waals surface area contributed by atoms with Gasteiger partial charge in [-0.3, -0.25) is 9.47 Å². The van der Waals surface area contributed by atoms with Crippen molar-refractivity contribution >= 4 is 16.9 Å². The Bertz CT molecular complexity index is 707. The fourth-order valence-corrected chi connectivity index (χ4v) is 2.18. The van der Waals surface area contributed by atoms with Crippen molar-refractivity contribution in [1.29, 1.82) is 0 Å². The van der Waals surface area contributed by atoms with Crippen LogP contribution in [0.5, 0.6) is 0 Å². The van der Waals surface area contributed by atoms with Crippen LogP contribution in [0.3, 0.4) is 0 Å². The zero-order chi connectivity index (χ0) is 14.7. The normalized spacial score (nSPS) is 10.7. The van der Waals surface area contributed by atoms with E-state index in [1.165, 1.54) is 10.9 Å². The molecule has 0 unspecified atom stereocenters. The molecule has 2 rings (SSSR count). The first-order valence-corrected chi connectivity index (χ1v) is 6.38.